The Labute approximate surface area is 90.5 Å². The monoisotopic (exact) mass is 203 g/mol. The van der Waals surface area contributed by atoms with Crippen LogP contribution in [0, 0.1) is 6.92 Å². The number of benzene rings is 1. The standard InChI is InChI=1S/C13H17NO/c1-10-3-4-11(8-15)12(7-10)13(9-14)5-2-6-13/h3-4,7-8H,2,5-6,9,14H2,1H3. The van der Waals surface area contributed by atoms with Gasteiger partial charge in [0.25, 0.3) is 0 Å². The van der Waals surface area contributed by atoms with E-state index in [-0.39, 0.29) is 5.41 Å². The van der Waals surface area contributed by atoms with Gasteiger partial charge in [-0.05, 0) is 25.3 Å². The van der Waals surface area contributed by atoms with Gasteiger partial charge in [-0.3, -0.25) is 4.79 Å². The minimum absolute atomic E-state index is 0.0856. The summed E-state index contributed by atoms with van der Waals surface area (Å²) in [7, 11) is 0. The van der Waals surface area contributed by atoms with Gasteiger partial charge in [0.05, 0.1) is 0 Å². The summed E-state index contributed by atoms with van der Waals surface area (Å²) in [5.41, 5.74) is 9.12. The molecule has 1 aromatic carbocycles. The van der Waals surface area contributed by atoms with E-state index in [1.165, 1.54) is 12.0 Å². The minimum Gasteiger partial charge on any atom is -0.330 e. The van der Waals surface area contributed by atoms with Crippen LogP contribution in [-0.2, 0) is 5.41 Å². The average molecular weight is 203 g/mol. The zero-order chi connectivity index (χ0) is 10.9. The number of aryl methyl sites for hydroxylation is 1. The van der Waals surface area contributed by atoms with E-state index >= 15 is 0 Å². The Morgan fingerprint density at radius 3 is 2.67 bits per heavy atom. The molecule has 80 valence electrons. The zero-order valence-electron chi connectivity index (χ0n) is 9.12. The number of nitrogens with two attached hydrogens (primary N) is 1. The maximum Gasteiger partial charge on any atom is 0.150 e. The minimum atomic E-state index is 0.0856. The summed E-state index contributed by atoms with van der Waals surface area (Å²) in [6, 6.07) is 6.01. The zero-order valence-corrected chi connectivity index (χ0v) is 9.12. The molecular formula is C13H17NO. The average Bonchev–Trinajstić information content (AvgIpc) is 2.17. The van der Waals surface area contributed by atoms with Crippen LogP contribution in [0.1, 0.15) is 40.7 Å². The van der Waals surface area contributed by atoms with E-state index in [9.17, 15) is 4.79 Å². The van der Waals surface area contributed by atoms with Crippen molar-refractivity contribution in [3.63, 3.8) is 0 Å². The summed E-state index contributed by atoms with van der Waals surface area (Å²) in [4.78, 5) is 11.0. The Hall–Kier alpha value is -1.15. The molecule has 2 heteroatoms. The summed E-state index contributed by atoms with van der Waals surface area (Å²) >= 11 is 0. The van der Waals surface area contributed by atoms with E-state index in [1.807, 2.05) is 12.1 Å². The van der Waals surface area contributed by atoms with Crippen LogP contribution >= 0.6 is 0 Å². The highest BCUT2D eigenvalue weighted by Gasteiger charge is 2.38. The van der Waals surface area contributed by atoms with Gasteiger partial charge < -0.3 is 5.73 Å². The Balaban J connectivity index is 2.49. The molecule has 2 rings (SSSR count). The lowest BCUT2D eigenvalue weighted by Gasteiger charge is -2.42. The molecule has 1 saturated carbocycles. The summed E-state index contributed by atoms with van der Waals surface area (Å²) < 4.78 is 0. The van der Waals surface area contributed by atoms with E-state index < -0.39 is 0 Å². The van der Waals surface area contributed by atoms with Gasteiger partial charge in [-0.2, -0.15) is 0 Å². The summed E-state index contributed by atoms with van der Waals surface area (Å²) in [5, 5.41) is 0. The molecule has 1 aromatic rings. The van der Waals surface area contributed by atoms with Crippen molar-refractivity contribution in [3.05, 3.63) is 34.9 Å². The molecule has 0 atom stereocenters. The Morgan fingerprint density at radius 2 is 2.20 bits per heavy atom. The lowest BCUT2D eigenvalue weighted by atomic mass is 9.63. The first-order valence-electron chi connectivity index (χ1n) is 5.48. The van der Waals surface area contributed by atoms with Crippen LogP contribution in [0.5, 0.6) is 0 Å². The quantitative estimate of drug-likeness (QED) is 0.765. The fourth-order valence-electron chi connectivity index (χ4n) is 2.42. The lowest BCUT2D eigenvalue weighted by molar-refractivity contribution is 0.111. The van der Waals surface area contributed by atoms with Crippen LogP contribution in [0.15, 0.2) is 18.2 Å². The van der Waals surface area contributed by atoms with Crippen LogP contribution < -0.4 is 5.73 Å². The largest absolute Gasteiger partial charge is 0.330 e. The molecule has 0 aliphatic heterocycles. The summed E-state index contributed by atoms with van der Waals surface area (Å²) in [6.45, 7) is 2.71. The molecule has 2 nitrogen and oxygen atoms in total. The number of rotatable bonds is 3. The third-order valence-corrected chi connectivity index (χ3v) is 3.61. The summed E-state index contributed by atoms with van der Waals surface area (Å²) in [5.74, 6) is 0. The maximum absolute atomic E-state index is 11.0. The van der Waals surface area contributed by atoms with Gasteiger partial charge in [-0.1, -0.05) is 30.2 Å². The Morgan fingerprint density at radius 1 is 1.47 bits per heavy atom. The van der Waals surface area contributed by atoms with E-state index in [1.54, 1.807) is 0 Å². The van der Waals surface area contributed by atoms with Gasteiger partial charge in [0.2, 0.25) is 0 Å². The second kappa shape index (κ2) is 3.78. The van der Waals surface area contributed by atoms with Crippen molar-refractivity contribution in [3.8, 4) is 0 Å². The molecule has 0 unspecified atom stereocenters. The number of hydrogen-bond acceptors (Lipinski definition) is 2. The number of carbonyl (C=O) groups is 1. The molecule has 0 radical (unpaired) electrons. The van der Waals surface area contributed by atoms with E-state index in [2.05, 4.69) is 13.0 Å². The smallest absolute Gasteiger partial charge is 0.150 e. The molecule has 0 heterocycles. The third-order valence-electron chi connectivity index (χ3n) is 3.61. The van der Waals surface area contributed by atoms with Crippen LogP contribution in [0.25, 0.3) is 0 Å². The highest BCUT2D eigenvalue weighted by atomic mass is 16.1. The van der Waals surface area contributed by atoms with Crippen molar-refractivity contribution < 1.29 is 4.79 Å². The molecule has 0 bridgehead atoms. The molecule has 0 aromatic heterocycles. The predicted molar refractivity (Wildman–Crippen MR) is 61.1 cm³/mol. The number of aldehydes is 1. The van der Waals surface area contributed by atoms with Gasteiger partial charge in [-0.25, -0.2) is 0 Å². The van der Waals surface area contributed by atoms with Crippen molar-refractivity contribution in [2.45, 2.75) is 31.6 Å². The van der Waals surface area contributed by atoms with Gasteiger partial charge in [0, 0.05) is 17.5 Å². The van der Waals surface area contributed by atoms with Crippen LogP contribution in [0.4, 0.5) is 0 Å². The third kappa shape index (κ3) is 1.59. The van der Waals surface area contributed by atoms with Crippen molar-refractivity contribution in [1.82, 2.24) is 0 Å². The highest BCUT2D eigenvalue weighted by Crippen LogP contribution is 2.44. The number of carbonyl (C=O) groups excluding carboxylic acids is 1. The van der Waals surface area contributed by atoms with E-state index in [0.29, 0.717) is 6.54 Å². The highest BCUT2D eigenvalue weighted by molar-refractivity contribution is 5.78. The van der Waals surface area contributed by atoms with Crippen molar-refractivity contribution in [1.29, 1.82) is 0 Å². The Bertz CT molecular complexity index is 375. The van der Waals surface area contributed by atoms with Gasteiger partial charge in [0.1, 0.15) is 6.29 Å². The van der Waals surface area contributed by atoms with E-state index in [4.69, 9.17) is 5.73 Å². The second-order valence-electron chi connectivity index (χ2n) is 4.55. The molecule has 1 aliphatic carbocycles. The first-order chi connectivity index (χ1) is 7.22. The van der Waals surface area contributed by atoms with Crippen molar-refractivity contribution >= 4 is 6.29 Å². The molecule has 0 spiro atoms. The fraction of sp³-hybridized carbons (Fsp3) is 0.462. The van der Waals surface area contributed by atoms with Crippen LogP contribution in [0.3, 0.4) is 0 Å². The summed E-state index contributed by atoms with van der Waals surface area (Å²) in [6.07, 6.45) is 4.41. The van der Waals surface area contributed by atoms with Crippen LogP contribution in [-0.4, -0.2) is 12.8 Å². The predicted octanol–water partition coefficient (Wildman–Crippen LogP) is 2.19. The molecule has 1 aliphatic rings. The van der Waals surface area contributed by atoms with Gasteiger partial charge in [0.15, 0.2) is 0 Å². The van der Waals surface area contributed by atoms with Crippen molar-refractivity contribution in [2.75, 3.05) is 6.54 Å². The molecular weight excluding hydrogens is 186 g/mol. The first kappa shape index (κ1) is 10.4. The Kier molecular flexibility index (Phi) is 2.61. The molecule has 0 saturated heterocycles. The topological polar surface area (TPSA) is 43.1 Å². The van der Waals surface area contributed by atoms with Crippen molar-refractivity contribution in [2.24, 2.45) is 5.73 Å². The molecule has 2 N–H and O–H groups in total. The maximum atomic E-state index is 11.0. The fourth-order valence-corrected chi connectivity index (χ4v) is 2.42. The van der Waals surface area contributed by atoms with Crippen LogP contribution in [0.2, 0.25) is 0 Å². The SMILES string of the molecule is Cc1ccc(C=O)c(C2(CN)CCC2)c1. The second-order valence-corrected chi connectivity index (χ2v) is 4.55. The molecule has 15 heavy (non-hydrogen) atoms. The molecule has 0 amide bonds. The lowest BCUT2D eigenvalue weighted by Crippen LogP contribution is -2.42. The normalized spacial score (nSPS) is 18.3. The number of hydrogen-bond donors (Lipinski definition) is 1. The molecule has 1 fully saturated rings. The van der Waals surface area contributed by atoms with Gasteiger partial charge >= 0.3 is 0 Å². The van der Waals surface area contributed by atoms with E-state index in [0.717, 1.165) is 30.3 Å². The van der Waals surface area contributed by atoms with Gasteiger partial charge in [-0.15, -0.1) is 0 Å². The first-order valence-corrected chi connectivity index (χ1v) is 5.48.